The van der Waals surface area contributed by atoms with Crippen LogP contribution in [-0.4, -0.2) is 21.0 Å². The topological polar surface area (TPSA) is 69.8 Å². The highest BCUT2D eigenvalue weighted by molar-refractivity contribution is 7.80. The molecule has 2 aromatic carbocycles. The van der Waals surface area contributed by atoms with Crippen LogP contribution >= 0.6 is 35.2 Å². The number of nitrogens with one attached hydrogen (secondary N) is 3. The summed E-state index contributed by atoms with van der Waals surface area (Å²) >= 11 is 12.9. The average Bonchev–Trinajstić information content (AvgIpc) is 3.33. The lowest BCUT2D eigenvalue weighted by atomic mass is 10.2. The Morgan fingerprint density at radius 3 is 2.78 bits per heavy atom. The van der Waals surface area contributed by atoms with E-state index in [0.717, 1.165) is 22.4 Å². The molecule has 8 heteroatoms. The van der Waals surface area contributed by atoms with E-state index in [2.05, 4.69) is 20.6 Å². The summed E-state index contributed by atoms with van der Waals surface area (Å²) in [7, 11) is 0. The molecule has 0 fully saturated rings. The number of para-hydroxylation sites is 2. The van der Waals surface area contributed by atoms with E-state index in [4.69, 9.17) is 23.8 Å². The lowest BCUT2D eigenvalue weighted by Crippen LogP contribution is -2.33. The predicted octanol–water partition coefficient (Wildman–Crippen LogP) is 5.07. The third-order valence-electron chi connectivity index (χ3n) is 3.85. The summed E-state index contributed by atoms with van der Waals surface area (Å²) in [5, 5.41) is 8.12. The Hall–Kier alpha value is -2.74. The van der Waals surface area contributed by atoms with Crippen molar-refractivity contribution in [3.05, 3.63) is 69.9 Å². The first-order valence-electron chi connectivity index (χ1n) is 8.00. The molecule has 0 aliphatic carbocycles. The monoisotopic (exact) mass is 412 g/mol. The van der Waals surface area contributed by atoms with Crippen molar-refractivity contribution < 1.29 is 4.79 Å². The van der Waals surface area contributed by atoms with Crippen LogP contribution in [0, 0.1) is 0 Å². The zero-order valence-electron chi connectivity index (χ0n) is 13.8. The van der Waals surface area contributed by atoms with Crippen molar-refractivity contribution in [3.63, 3.8) is 0 Å². The van der Waals surface area contributed by atoms with Crippen LogP contribution in [0.1, 0.15) is 9.67 Å². The molecule has 0 unspecified atom stereocenters. The van der Waals surface area contributed by atoms with Gasteiger partial charge < -0.3 is 10.3 Å². The fourth-order valence-electron chi connectivity index (χ4n) is 2.58. The predicted molar refractivity (Wildman–Crippen MR) is 115 cm³/mol. The number of anilines is 1. The standard InChI is InChI=1S/C19H13ClN4OS2/c20-12-8-7-11(17-21-13-4-1-2-5-14(13)22-17)10-15(12)23-19(26)24-18(25)16-6-3-9-27-16/h1-10H,(H,21,22)(H2,23,24,25,26). The third kappa shape index (κ3) is 3.85. The molecule has 2 aromatic heterocycles. The maximum absolute atomic E-state index is 12.1. The average molecular weight is 413 g/mol. The summed E-state index contributed by atoms with van der Waals surface area (Å²) in [6, 6.07) is 16.8. The molecule has 4 rings (SSSR count). The number of halogens is 1. The molecule has 0 aliphatic rings. The number of H-pyrrole nitrogens is 1. The van der Waals surface area contributed by atoms with Crippen molar-refractivity contribution >= 4 is 62.9 Å². The third-order valence-corrected chi connectivity index (χ3v) is 5.25. The summed E-state index contributed by atoms with van der Waals surface area (Å²) in [6.07, 6.45) is 0. The van der Waals surface area contributed by atoms with Gasteiger partial charge >= 0.3 is 0 Å². The number of rotatable bonds is 3. The van der Waals surface area contributed by atoms with Gasteiger partial charge in [0.05, 0.1) is 26.6 Å². The van der Waals surface area contributed by atoms with Gasteiger partial charge in [-0.15, -0.1) is 11.3 Å². The molecule has 27 heavy (non-hydrogen) atoms. The van der Waals surface area contributed by atoms with E-state index in [0.29, 0.717) is 15.6 Å². The fraction of sp³-hybridized carbons (Fsp3) is 0. The number of amides is 1. The zero-order chi connectivity index (χ0) is 18.8. The Kier molecular flexibility index (Phi) is 4.89. The molecule has 4 aromatic rings. The van der Waals surface area contributed by atoms with Crippen LogP contribution in [0.2, 0.25) is 5.02 Å². The highest BCUT2D eigenvalue weighted by Crippen LogP contribution is 2.28. The van der Waals surface area contributed by atoms with Crippen molar-refractivity contribution in [2.75, 3.05) is 5.32 Å². The van der Waals surface area contributed by atoms with Crippen molar-refractivity contribution in [2.24, 2.45) is 0 Å². The number of thiocarbonyl (C=S) groups is 1. The molecule has 0 atom stereocenters. The van der Waals surface area contributed by atoms with Gasteiger partial charge in [0, 0.05) is 5.56 Å². The quantitative estimate of drug-likeness (QED) is 0.411. The van der Waals surface area contributed by atoms with Crippen LogP contribution in [0.15, 0.2) is 60.0 Å². The maximum Gasteiger partial charge on any atom is 0.267 e. The Labute approximate surface area is 169 Å². The Bertz CT molecular complexity index is 1100. The van der Waals surface area contributed by atoms with Gasteiger partial charge in [0.2, 0.25) is 0 Å². The minimum Gasteiger partial charge on any atom is -0.338 e. The van der Waals surface area contributed by atoms with E-state index >= 15 is 0 Å². The molecule has 0 aliphatic heterocycles. The van der Waals surface area contributed by atoms with E-state index in [-0.39, 0.29) is 11.0 Å². The summed E-state index contributed by atoms with van der Waals surface area (Å²) in [4.78, 5) is 20.6. The van der Waals surface area contributed by atoms with Crippen LogP contribution in [0.4, 0.5) is 5.69 Å². The molecule has 0 radical (unpaired) electrons. The van der Waals surface area contributed by atoms with Crippen LogP contribution in [0.25, 0.3) is 22.4 Å². The highest BCUT2D eigenvalue weighted by Gasteiger charge is 2.12. The number of imidazole rings is 1. The van der Waals surface area contributed by atoms with Crippen LogP contribution in [-0.2, 0) is 0 Å². The highest BCUT2D eigenvalue weighted by atomic mass is 35.5. The second kappa shape index (κ2) is 7.48. The number of hydrogen-bond acceptors (Lipinski definition) is 4. The molecule has 2 heterocycles. The Balaban J connectivity index is 1.55. The summed E-state index contributed by atoms with van der Waals surface area (Å²) in [6.45, 7) is 0. The summed E-state index contributed by atoms with van der Waals surface area (Å²) in [5.41, 5.74) is 3.28. The van der Waals surface area contributed by atoms with Crippen LogP contribution < -0.4 is 10.6 Å². The fourth-order valence-corrected chi connectivity index (χ4v) is 3.57. The molecule has 0 bridgehead atoms. The molecule has 134 valence electrons. The Morgan fingerprint density at radius 1 is 1.15 bits per heavy atom. The molecule has 1 amide bonds. The zero-order valence-corrected chi connectivity index (χ0v) is 16.2. The van der Waals surface area contributed by atoms with E-state index in [1.54, 1.807) is 12.1 Å². The number of aromatic amines is 1. The smallest absolute Gasteiger partial charge is 0.267 e. The summed E-state index contributed by atoms with van der Waals surface area (Å²) in [5.74, 6) is 0.469. The number of thiophene rings is 1. The minimum atomic E-state index is -0.257. The first-order chi connectivity index (χ1) is 13.1. The van der Waals surface area contributed by atoms with Crippen molar-refractivity contribution in [1.82, 2.24) is 15.3 Å². The van der Waals surface area contributed by atoms with Crippen LogP contribution in [0.5, 0.6) is 0 Å². The van der Waals surface area contributed by atoms with E-state index < -0.39 is 0 Å². The number of hydrogen-bond donors (Lipinski definition) is 3. The normalized spacial score (nSPS) is 10.7. The van der Waals surface area contributed by atoms with Gasteiger partial charge in [-0.3, -0.25) is 10.1 Å². The maximum atomic E-state index is 12.1. The number of benzene rings is 2. The van der Waals surface area contributed by atoms with Gasteiger partial charge in [0.1, 0.15) is 5.82 Å². The minimum absolute atomic E-state index is 0.178. The SMILES string of the molecule is O=C(NC(=S)Nc1cc(-c2nc3ccccc3[nH]2)ccc1Cl)c1cccs1. The second-order valence-electron chi connectivity index (χ2n) is 5.68. The molecule has 0 saturated carbocycles. The number of carbonyl (C=O) groups excluding carboxylic acids is 1. The van der Waals surface area contributed by atoms with Gasteiger partial charge in [-0.25, -0.2) is 4.98 Å². The van der Waals surface area contributed by atoms with E-state index in [1.807, 2.05) is 47.8 Å². The lowest BCUT2D eigenvalue weighted by Gasteiger charge is -2.11. The van der Waals surface area contributed by atoms with Crippen molar-refractivity contribution in [2.45, 2.75) is 0 Å². The van der Waals surface area contributed by atoms with Crippen molar-refractivity contribution in [1.29, 1.82) is 0 Å². The number of fused-ring (bicyclic) bond motifs is 1. The first-order valence-corrected chi connectivity index (χ1v) is 9.67. The van der Waals surface area contributed by atoms with Gasteiger partial charge in [-0.05, 0) is 54.0 Å². The second-order valence-corrected chi connectivity index (χ2v) is 7.45. The summed E-state index contributed by atoms with van der Waals surface area (Å²) < 4.78 is 0. The van der Waals surface area contributed by atoms with Gasteiger partial charge in [0.25, 0.3) is 5.91 Å². The first kappa shape index (κ1) is 17.7. The largest absolute Gasteiger partial charge is 0.338 e. The number of nitrogens with zero attached hydrogens (tertiary/aromatic N) is 1. The molecule has 5 nitrogen and oxygen atoms in total. The lowest BCUT2D eigenvalue weighted by molar-refractivity contribution is 0.0981. The van der Waals surface area contributed by atoms with Crippen molar-refractivity contribution in [3.8, 4) is 11.4 Å². The van der Waals surface area contributed by atoms with E-state index in [1.165, 1.54) is 11.3 Å². The molecule has 0 spiro atoms. The number of aromatic nitrogens is 2. The van der Waals surface area contributed by atoms with Crippen LogP contribution in [0.3, 0.4) is 0 Å². The van der Waals surface area contributed by atoms with Gasteiger partial charge in [-0.1, -0.05) is 29.8 Å². The Morgan fingerprint density at radius 2 is 2.00 bits per heavy atom. The number of carbonyl (C=O) groups is 1. The molecular formula is C19H13ClN4OS2. The molecule has 0 saturated heterocycles. The molecular weight excluding hydrogens is 400 g/mol. The van der Waals surface area contributed by atoms with Gasteiger partial charge in [-0.2, -0.15) is 0 Å². The van der Waals surface area contributed by atoms with E-state index in [9.17, 15) is 4.79 Å². The van der Waals surface area contributed by atoms with Gasteiger partial charge in [0.15, 0.2) is 5.11 Å². The molecule has 3 N–H and O–H groups in total.